The normalized spacial score (nSPS) is 10.9. The number of hydrogen-bond donors (Lipinski definition) is 2. The van der Waals surface area contributed by atoms with Crippen LogP contribution in [0.4, 0.5) is 5.82 Å². The monoisotopic (exact) mass is 410 g/mol. The number of nitrogens with one attached hydrogen (secondary N) is 1. The largest absolute Gasteiger partial charge is 0.454 e. The molecule has 8 heteroatoms. The summed E-state index contributed by atoms with van der Waals surface area (Å²) in [5.41, 5.74) is 7.05. The molecule has 0 aliphatic rings. The Morgan fingerprint density at radius 3 is 2.62 bits per heavy atom. The number of carbonyl (C=O) groups is 2. The maximum Gasteiger partial charge on any atom is 0.339 e. The second kappa shape index (κ2) is 9.38. The van der Waals surface area contributed by atoms with Crippen LogP contribution in [-0.4, -0.2) is 33.6 Å². The van der Waals surface area contributed by atoms with Gasteiger partial charge in [-0.05, 0) is 38.1 Å². The van der Waals surface area contributed by atoms with Gasteiger partial charge >= 0.3 is 5.97 Å². The molecule has 0 saturated heterocycles. The van der Waals surface area contributed by atoms with Crippen molar-refractivity contribution in [3.63, 3.8) is 0 Å². The lowest BCUT2D eigenvalue weighted by atomic mass is 10.2. The summed E-state index contributed by atoms with van der Waals surface area (Å²) in [6, 6.07) is 14.5. The number of esters is 1. The number of nitrogens with two attached hydrogens (primary N) is 1. The van der Waals surface area contributed by atoms with Crippen molar-refractivity contribution in [3.05, 3.63) is 59.9 Å². The van der Waals surface area contributed by atoms with E-state index in [1.54, 1.807) is 18.2 Å². The molecule has 1 aromatic heterocycles. The van der Waals surface area contributed by atoms with Crippen LogP contribution >= 0.6 is 11.8 Å². The molecule has 0 fully saturated rings. The Morgan fingerprint density at radius 1 is 1.10 bits per heavy atom. The van der Waals surface area contributed by atoms with Gasteiger partial charge in [-0.25, -0.2) is 14.8 Å². The molecule has 3 aromatic rings. The number of carbonyl (C=O) groups excluding carboxylic acids is 2. The van der Waals surface area contributed by atoms with Crippen LogP contribution in [0.1, 0.15) is 30.0 Å². The molecule has 0 aliphatic heterocycles. The van der Waals surface area contributed by atoms with Crippen LogP contribution in [0.25, 0.3) is 10.9 Å². The second-order valence-corrected chi connectivity index (χ2v) is 7.64. The van der Waals surface area contributed by atoms with Gasteiger partial charge in [-0.2, -0.15) is 0 Å². The third-order valence-corrected chi connectivity index (χ3v) is 5.00. The number of thioether (sulfide) groups is 1. The van der Waals surface area contributed by atoms with Crippen molar-refractivity contribution in [1.82, 2.24) is 15.3 Å². The molecule has 0 spiro atoms. The average molecular weight is 410 g/mol. The van der Waals surface area contributed by atoms with E-state index in [0.29, 0.717) is 27.6 Å². The molecule has 0 bridgehead atoms. The maximum atomic E-state index is 12.6. The van der Waals surface area contributed by atoms with E-state index >= 15 is 0 Å². The number of para-hydroxylation sites is 1. The van der Waals surface area contributed by atoms with Crippen molar-refractivity contribution in [2.75, 3.05) is 11.5 Å². The predicted molar refractivity (Wildman–Crippen MR) is 114 cm³/mol. The van der Waals surface area contributed by atoms with Crippen molar-refractivity contribution in [3.8, 4) is 0 Å². The van der Waals surface area contributed by atoms with Gasteiger partial charge in [0, 0.05) is 16.3 Å². The van der Waals surface area contributed by atoms with Crippen molar-refractivity contribution in [2.45, 2.75) is 31.4 Å². The Morgan fingerprint density at radius 2 is 1.83 bits per heavy atom. The number of amides is 1. The maximum absolute atomic E-state index is 12.6. The fraction of sp³-hybridized carbons (Fsp3) is 0.238. The second-order valence-electron chi connectivity index (χ2n) is 6.63. The molecule has 0 aliphatic carbocycles. The zero-order valence-corrected chi connectivity index (χ0v) is 17.0. The Labute approximate surface area is 173 Å². The summed E-state index contributed by atoms with van der Waals surface area (Å²) >= 11 is 1.29. The van der Waals surface area contributed by atoms with Crippen LogP contribution in [0.3, 0.4) is 0 Å². The number of ether oxygens (including phenoxy) is 1. The Bertz CT molecular complexity index is 1040. The summed E-state index contributed by atoms with van der Waals surface area (Å²) in [4.78, 5) is 33.7. The molecule has 7 nitrogen and oxygen atoms in total. The van der Waals surface area contributed by atoms with Gasteiger partial charge in [0.2, 0.25) is 5.91 Å². The summed E-state index contributed by atoms with van der Waals surface area (Å²) in [5, 5.41) is 3.58. The standard InChI is InChI=1S/C21H22N4O3S/c1-13(2)23-19(26)12-29-17-10-6-4-8-15(17)21(27)28-11-18-24-16-9-5-3-7-14(16)20(22)25-18/h3-10,13H,11-12H2,1-2H3,(H,23,26)(H2,22,24,25). The van der Waals surface area contributed by atoms with Gasteiger partial charge in [0.25, 0.3) is 0 Å². The molecular formula is C21H22N4O3S. The third kappa shape index (κ3) is 5.45. The summed E-state index contributed by atoms with van der Waals surface area (Å²) in [7, 11) is 0. The minimum absolute atomic E-state index is 0.0673. The fourth-order valence-corrected chi connectivity index (χ4v) is 3.54. The zero-order chi connectivity index (χ0) is 20.8. The quantitative estimate of drug-likeness (QED) is 0.455. The molecule has 0 unspecified atom stereocenters. The summed E-state index contributed by atoms with van der Waals surface area (Å²) < 4.78 is 5.40. The van der Waals surface area contributed by atoms with E-state index < -0.39 is 5.97 Å². The number of anilines is 1. The molecule has 0 radical (unpaired) electrons. The number of rotatable bonds is 7. The van der Waals surface area contributed by atoms with E-state index in [1.807, 2.05) is 44.2 Å². The van der Waals surface area contributed by atoms with Gasteiger partial charge in [0.1, 0.15) is 5.82 Å². The first kappa shape index (κ1) is 20.6. The molecule has 0 atom stereocenters. The highest BCUT2D eigenvalue weighted by atomic mass is 32.2. The van der Waals surface area contributed by atoms with Gasteiger partial charge in [-0.15, -0.1) is 11.8 Å². The van der Waals surface area contributed by atoms with Crippen molar-refractivity contribution < 1.29 is 14.3 Å². The van der Waals surface area contributed by atoms with E-state index in [2.05, 4.69) is 15.3 Å². The lowest BCUT2D eigenvalue weighted by Crippen LogP contribution is -2.31. The van der Waals surface area contributed by atoms with Crippen LogP contribution in [-0.2, 0) is 16.1 Å². The van der Waals surface area contributed by atoms with Crippen molar-refractivity contribution in [1.29, 1.82) is 0 Å². The van der Waals surface area contributed by atoms with Gasteiger partial charge in [-0.1, -0.05) is 24.3 Å². The number of nitrogens with zero attached hydrogens (tertiary/aromatic N) is 2. The molecular weight excluding hydrogens is 388 g/mol. The number of hydrogen-bond acceptors (Lipinski definition) is 7. The lowest BCUT2D eigenvalue weighted by Gasteiger charge is -2.11. The Kier molecular flexibility index (Phi) is 6.66. The minimum Gasteiger partial charge on any atom is -0.454 e. The molecule has 3 N–H and O–H groups in total. The fourth-order valence-electron chi connectivity index (χ4n) is 2.69. The predicted octanol–water partition coefficient (Wildman–Crippen LogP) is 3.19. The average Bonchev–Trinajstić information content (AvgIpc) is 2.70. The van der Waals surface area contributed by atoms with E-state index in [1.165, 1.54) is 11.8 Å². The van der Waals surface area contributed by atoms with Gasteiger partial charge in [0.05, 0.1) is 16.8 Å². The van der Waals surface area contributed by atoms with E-state index in [4.69, 9.17) is 10.5 Å². The van der Waals surface area contributed by atoms with Gasteiger partial charge in [0.15, 0.2) is 12.4 Å². The molecule has 2 aromatic carbocycles. The third-order valence-electron chi connectivity index (χ3n) is 3.93. The first-order valence-electron chi connectivity index (χ1n) is 9.13. The molecule has 3 rings (SSSR count). The SMILES string of the molecule is CC(C)NC(=O)CSc1ccccc1C(=O)OCc1nc(N)c2ccccc2n1. The highest BCUT2D eigenvalue weighted by Gasteiger charge is 2.15. The first-order valence-corrected chi connectivity index (χ1v) is 10.1. The first-order chi connectivity index (χ1) is 13.9. The molecule has 150 valence electrons. The van der Waals surface area contributed by atoms with E-state index in [0.717, 1.165) is 5.39 Å². The Hall–Kier alpha value is -3.13. The summed E-state index contributed by atoms with van der Waals surface area (Å²) in [6.07, 6.45) is 0. The van der Waals surface area contributed by atoms with E-state index in [9.17, 15) is 9.59 Å². The summed E-state index contributed by atoms with van der Waals surface area (Å²) in [5.74, 6) is 0.290. The number of aromatic nitrogens is 2. The number of nitrogen functional groups attached to an aromatic ring is 1. The minimum atomic E-state index is -0.507. The van der Waals surface area contributed by atoms with Gasteiger partial charge < -0.3 is 15.8 Å². The lowest BCUT2D eigenvalue weighted by molar-refractivity contribution is -0.119. The van der Waals surface area contributed by atoms with Crippen LogP contribution in [0.15, 0.2) is 53.4 Å². The van der Waals surface area contributed by atoms with Gasteiger partial charge in [-0.3, -0.25) is 4.79 Å². The van der Waals surface area contributed by atoms with E-state index in [-0.39, 0.29) is 24.3 Å². The van der Waals surface area contributed by atoms with Crippen LogP contribution in [0, 0.1) is 0 Å². The Balaban J connectivity index is 1.67. The van der Waals surface area contributed by atoms with Crippen molar-refractivity contribution in [2.24, 2.45) is 0 Å². The smallest absolute Gasteiger partial charge is 0.339 e. The van der Waals surface area contributed by atoms with Crippen LogP contribution < -0.4 is 11.1 Å². The highest BCUT2D eigenvalue weighted by Crippen LogP contribution is 2.24. The molecule has 1 amide bonds. The molecule has 29 heavy (non-hydrogen) atoms. The van der Waals surface area contributed by atoms with Crippen molar-refractivity contribution >= 4 is 40.4 Å². The number of benzene rings is 2. The highest BCUT2D eigenvalue weighted by molar-refractivity contribution is 8.00. The topological polar surface area (TPSA) is 107 Å². The zero-order valence-electron chi connectivity index (χ0n) is 16.2. The van der Waals surface area contributed by atoms with Crippen LogP contribution in [0.5, 0.6) is 0 Å². The number of fused-ring (bicyclic) bond motifs is 1. The molecule has 0 saturated carbocycles. The summed E-state index contributed by atoms with van der Waals surface area (Å²) in [6.45, 7) is 3.70. The van der Waals surface area contributed by atoms with Crippen LogP contribution in [0.2, 0.25) is 0 Å². The molecule has 1 heterocycles.